The molecule has 0 aromatic heterocycles. The Morgan fingerprint density at radius 3 is 2.75 bits per heavy atom. The summed E-state index contributed by atoms with van der Waals surface area (Å²) in [5.41, 5.74) is 2.61. The summed E-state index contributed by atoms with van der Waals surface area (Å²) in [4.78, 5) is 10.6. The van der Waals surface area contributed by atoms with Gasteiger partial charge < -0.3 is 5.32 Å². The standard InChI is InChI=1S/C14H12BrClN2O2/c1-9-2-3-11(15)7-13(9)17-8-10-6-12(16)4-5-14(10)18(19)20/h2-7,17H,8H2,1H3. The van der Waals surface area contributed by atoms with E-state index < -0.39 is 4.92 Å². The van der Waals surface area contributed by atoms with E-state index in [1.807, 2.05) is 25.1 Å². The number of nitrogens with one attached hydrogen (secondary N) is 1. The van der Waals surface area contributed by atoms with Crippen molar-refractivity contribution in [3.05, 3.63) is 67.1 Å². The summed E-state index contributed by atoms with van der Waals surface area (Å²) in [5.74, 6) is 0. The van der Waals surface area contributed by atoms with E-state index in [1.165, 1.54) is 12.1 Å². The third-order valence-corrected chi connectivity index (χ3v) is 3.64. The molecule has 4 nitrogen and oxygen atoms in total. The van der Waals surface area contributed by atoms with Crippen LogP contribution in [0, 0.1) is 17.0 Å². The molecule has 0 bridgehead atoms. The number of nitro benzene ring substituents is 1. The van der Waals surface area contributed by atoms with E-state index >= 15 is 0 Å². The summed E-state index contributed by atoms with van der Waals surface area (Å²) >= 11 is 9.30. The van der Waals surface area contributed by atoms with Crippen LogP contribution in [0.4, 0.5) is 11.4 Å². The monoisotopic (exact) mass is 354 g/mol. The van der Waals surface area contributed by atoms with Gasteiger partial charge in [-0.1, -0.05) is 33.6 Å². The molecular formula is C14H12BrClN2O2. The van der Waals surface area contributed by atoms with Gasteiger partial charge >= 0.3 is 0 Å². The van der Waals surface area contributed by atoms with Crippen LogP contribution in [0.2, 0.25) is 5.02 Å². The fraction of sp³-hybridized carbons (Fsp3) is 0.143. The second kappa shape index (κ2) is 6.24. The number of anilines is 1. The average molecular weight is 356 g/mol. The molecule has 2 aromatic rings. The topological polar surface area (TPSA) is 55.2 Å². The lowest BCUT2D eigenvalue weighted by Gasteiger charge is -2.10. The SMILES string of the molecule is Cc1ccc(Br)cc1NCc1cc(Cl)ccc1[N+](=O)[O-]. The molecular weight excluding hydrogens is 344 g/mol. The van der Waals surface area contributed by atoms with Crippen molar-refractivity contribution in [3.63, 3.8) is 0 Å². The second-order valence-electron chi connectivity index (χ2n) is 4.34. The first-order chi connectivity index (χ1) is 9.47. The minimum absolute atomic E-state index is 0.0644. The molecule has 6 heteroatoms. The van der Waals surface area contributed by atoms with Gasteiger partial charge in [0.2, 0.25) is 0 Å². The maximum Gasteiger partial charge on any atom is 0.274 e. The third kappa shape index (κ3) is 3.49. The van der Waals surface area contributed by atoms with Crippen LogP contribution < -0.4 is 5.32 Å². The molecule has 2 rings (SSSR count). The Bertz CT molecular complexity index is 662. The maximum atomic E-state index is 11.0. The van der Waals surface area contributed by atoms with Crippen LogP contribution in [0.5, 0.6) is 0 Å². The minimum Gasteiger partial charge on any atom is -0.380 e. The van der Waals surface area contributed by atoms with Crippen LogP contribution in [-0.2, 0) is 6.54 Å². The number of aryl methyl sites for hydroxylation is 1. The highest BCUT2D eigenvalue weighted by atomic mass is 79.9. The van der Waals surface area contributed by atoms with E-state index in [1.54, 1.807) is 6.07 Å². The van der Waals surface area contributed by atoms with Crippen molar-refractivity contribution in [3.8, 4) is 0 Å². The molecule has 1 N–H and O–H groups in total. The molecule has 104 valence electrons. The molecule has 2 aromatic carbocycles. The van der Waals surface area contributed by atoms with Crippen molar-refractivity contribution >= 4 is 38.9 Å². The van der Waals surface area contributed by atoms with Gasteiger partial charge in [0.05, 0.1) is 10.5 Å². The van der Waals surface area contributed by atoms with E-state index in [0.717, 1.165) is 15.7 Å². The number of nitrogens with zero attached hydrogens (tertiary/aromatic N) is 1. The van der Waals surface area contributed by atoms with Crippen LogP contribution >= 0.6 is 27.5 Å². The van der Waals surface area contributed by atoms with Crippen LogP contribution in [0.15, 0.2) is 40.9 Å². The molecule has 0 aliphatic heterocycles. The van der Waals surface area contributed by atoms with Crippen molar-refractivity contribution in [2.45, 2.75) is 13.5 Å². The summed E-state index contributed by atoms with van der Waals surface area (Å²) in [7, 11) is 0. The fourth-order valence-corrected chi connectivity index (χ4v) is 2.40. The van der Waals surface area contributed by atoms with Crippen LogP contribution in [0.3, 0.4) is 0 Å². The van der Waals surface area contributed by atoms with Crippen molar-refractivity contribution in [1.82, 2.24) is 0 Å². The van der Waals surface area contributed by atoms with Crippen molar-refractivity contribution in [2.24, 2.45) is 0 Å². The van der Waals surface area contributed by atoms with Gasteiger partial charge in [-0.3, -0.25) is 10.1 Å². The first kappa shape index (κ1) is 14.8. The number of halogens is 2. The molecule has 0 amide bonds. The predicted octanol–water partition coefficient (Wildman–Crippen LogP) is 4.93. The van der Waals surface area contributed by atoms with Crippen molar-refractivity contribution in [1.29, 1.82) is 0 Å². The molecule has 0 heterocycles. The highest BCUT2D eigenvalue weighted by Gasteiger charge is 2.13. The molecule has 0 atom stereocenters. The van der Waals surface area contributed by atoms with Gasteiger partial charge in [-0.05, 0) is 36.8 Å². The molecule has 0 unspecified atom stereocenters. The quantitative estimate of drug-likeness (QED) is 0.625. The Morgan fingerprint density at radius 1 is 1.30 bits per heavy atom. The number of hydrogen-bond donors (Lipinski definition) is 1. The molecule has 0 fully saturated rings. The van der Waals surface area contributed by atoms with E-state index in [9.17, 15) is 10.1 Å². The first-order valence-electron chi connectivity index (χ1n) is 5.90. The summed E-state index contributed by atoms with van der Waals surface area (Å²) < 4.78 is 0.950. The summed E-state index contributed by atoms with van der Waals surface area (Å²) in [6, 6.07) is 10.4. The molecule has 0 spiro atoms. The Labute approximate surface area is 130 Å². The number of rotatable bonds is 4. The van der Waals surface area contributed by atoms with Crippen molar-refractivity contribution < 1.29 is 4.92 Å². The molecule has 0 radical (unpaired) electrons. The summed E-state index contributed by atoms with van der Waals surface area (Å²) in [5, 5.41) is 14.7. The Kier molecular flexibility index (Phi) is 4.62. The molecule has 0 saturated heterocycles. The van der Waals surface area contributed by atoms with Gasteiger partial charge in [-0.2, -0.15) is 0 Å². The number of nitro groups is 1. The normalized spacial score (nSPS) is 10.3. The highest BCUT2D eigenvalue weighted by molar-refractivity contribution is 9.10. The first-order valence-corrected chi connectivity index (χ1v) is 7.07. The van der Waals surface area contributed by atoms with Gasteiger partial charge in [0.1, 0.15) is 0 Å². The fourth-order valence-electron chi connectivity index (χ4n) is 1.85. The minimum atomic E-state index is -0.402. The molecule has 20 heavy (non-hydrogen) atoms. The number of benzene rings is 2. The van der Waals surface area contributed by atoms with Gasteiger partial charge in [-0.15, -0.1) is 0 Å². The third-order valence-electron chi connectivity index (χ3n) is 2.91. The molecule has 0 saturated carbocycles. The van der Waals surface area contributed by atoms with Crippen LogP contribution in [-0.4, -0.2) is 4.92 Å². The Hall–Kier alpha value is -1.59. The van der Waals surface area contributed by atoms with Crippen LogP contribution in [0.1, 0.15) is 11.1 Å². The highest BCUT2D eigenvalue weighted by Crippen LogP contribution is 2.25. The van der Waals surface area contributed by atoms with Gasteiger partial charge in [-0.25, -0.2) is 0 Å². The smallest absolute Gasteiger partial charge is 0.274 e. The van der Waals surface area contributed by atoms with Crippen molar-refractivity contribution in [2.75, 3.05) is 5.32 Å². The van der Waals surface area contributed by atoms with Gasteiger partial charge in [0.15, 0.2) is 0 Å². The van der Waals surface area contributed by atoms with Gasteiger partial charge in [0, 0.05) is 27.8 Å². The average Bonchev–Trinajstić information content (AvgIpc) is 2.39. The second-order valence-corrected chi connectivity index (χ2v) is 5.70. The zero-order valence-corrected chi connectivity index (χ0v) is 13.0. The van der Waals surface area contributed by atoms with E-state index in [-0.39, 0.29) is 5.69 Å². The molecule has 0 aliphatic rings. The molecule has 0 aliphatic carbocycles. The maximum absolute atomic E-state index is 11.0. The largest absolute Gasteiger partial charge is 0.380 e. The summed E-state index contributed by atoms with van der Waals surface area (Å²) in [6.07, 6.45) is 0. The predicted molar refractivity (Wildman–Crippen MR) is 84.3 cm³/mol. The lowest BCUT2D eigenvalue weighted by molar-refractivity contribution is -0.385. The Balaban J connectivity index is 2.24. The zero-order valence-electron chi connectivity index (χ0n) is 10.7. The number of hydrogen-bond acceptors (Lipinski definition) is 3. The van der Waals surface area contributed by atoms with Gasteiger partial charge in [0.25, 0.3) is 5.69 Å². The van der Waals surface area contributed by atoms with Crippen LogP contribution in [0.25, 0.3) is 0 Å². The summed E-state index contributed by atoms with van der Waals surface area (Å²) in [6.45, 7) is 2.31. The van der Waals surface area contributed by atoms with E-state index in [4.69, 9.17) is 11.6 Å². The van der Waals surface area contributed by atoms with E-state index in [2.05, 4.69) is 21.2 Å². The lowest BCUT2D eigenvalue weighted by Crippen LogP contribution is -2.04. The Morgan fingerprint density at radius 2 is 2.05 bits per heavy atom. The lowest BCUT2D eigenvalue weighted by atomic mass is 10.1. The van der Waals surface area contributed by atoms with E-state index in [0.29, 0.717) is 17.1 Å². The zero-order chi connectivity index (χ0) is 14.7.